The number of nitrogens with zero attached hydrogens (tertiary/aromatic N) is 3. The number of carbonyl (C=O) groups excluding carboxylic acids is 1. The van der Waals surface area contributed by atoms with E-state index in [9.17, 15) is 18.0 Å². The molecule has 0 spiro atoms. The minimum absolute atomic E-state index is 0.0322. The number of hydrogen-bond donors (Lipinski definition) is 0. The Morgan fingerprint density at radius 2 is 2.30 bits per heavy atom. The summed E-state index contributed by atoms with van der Waals surface area (Å²) in [4.78, 5) is 11.5. The summed E-state index contributed by atoms with van der Waals surface area (Å²) in [5.41, 5.74) is -1.98. The molecular weight excluding hydrogens is 279 g/mol. The Hall–Kier alpha value is -1.64. The minimum atomic E-state index is -4.73. The van der Waals surface area contributed by atoms with Crippen LogP contribution in [0.4, 0.5) is 13.2 Å². The van der Waals surface area contributed by atoms with E-state index in [-0.39, 0.29) is 13.2 Å². The highest BCUT2D eigenvalue weighted by Crippen LogP contribution is 2.34. The second-order valence-corrected chi connectivity index (χ2v) is 4.32. The van der Waals surface area contributed by atoms with E-state index in [0.717, 1.165) is 4.68 Å². The predicted molar refractivity (Wildman–Crippen MR) is 60.1 cm³/mol. The largest absolute Gasteiger partial charge is 0.461 e. The summed E-state index contributed by atoms with van der Waals surface area (Å²) in [6, 6.07) is -0.573. The van der Waals surface area contributed by atoms with Gasteiger partial charge in [0.1, 0.15) is 0 Å². The lowest BCUT2D eigenvalue weighted by molar-refractivity contribution is -0.146. The van der Waals surface area contributed by atoms with Crippen LogP contribution in [0.1, 0.15) is 42.0 Å². The fourth-order valence-electron chi connectivity index (χ4n) is 2.07. The second kappa shape index (κ2) is 5.78. The Kier molecular flexibility index (Phi) is 4.26. The van der Waals surface area contributed by atoms with Gasteiger partial charge in [-0.15, -0.1) is 5.10 Å². The average molecular weight is 293 g/mol. The van der Waals surface area contributed by atoms with E-state index in [0.29, 0.717) is 19.4 Å². The van der Waals surface area contributed by atoms with Crippen LogP contribution >= 0.6 is 0 Å². The van der Waals surface area contributed by atoms with E-state index in [2.05, 4.69) is 15.0 Å². The van der Waals surface area contributed by atoms with Gasteiger partial charge < -0.3 is 9.47 Å². The maximum atomic E-state index is 13.1. The van der Waals surface area contributed by atoms with Gasteiger partial charge in [0, 0.05) is 6.61 Å². The fraction of sp³-hybridized carbons (Fsp3) is 0.727. The molecule has 6 nitrogen and oxygen atoms in total. The molecule has 0 bridgehead atoms. The van der Waals surface area contributed by atoms with Crippen molar-refractivity contribution in [2.24, 2.45) is 0 Å². The summed E-state index contributed by atoms with van der Waals surface area (Å²) >= 11 is 0. The number of halogens is 3. The van der Waals surface area contributed by atoms with Crippen LogP contribution < -0.4 is 0 Å². The third-order valence-corrected chi connectivity index (χ3v) is 2.91. The molecule has 20 heavy (non-hydrogen) atoms. The van der Waals surface area contributed by atoms with E-state index in [1.807, 2.05) is 0 Å². The zero-order valence-electron chi connectivity index (χ0n) is 10.8. The molecule has 0 saturated carbocycles. The van der Waals surface area contributed by atoms with E-state index in [4.69, 9.17) is 4.74 Å². The van der Waals surface area contributed by atoms with Crippen LogP contribution in [0.3, 0.4) is 0 Å². The highest BCUT2D eigenvalue weighted by molar-refractivity contribution is 5.88. The van der Waals surface area contributed by atoms with Crippen LogP contribution in [0.2, 0.25) is 0 Å². The Labute approximate surface area is 112 Å². The van der Waals surface area contributed by atoms with Crippen LogP contribution in [-0.4, -0.2) is 40.8 Å². The molecule has 0 aromatic carbocycles. The maximum absolute atomic E-state index is 13.1. The first kappa shape index (κ1) is 14.8. The first-order valence-corrected chi connectivity index (χ1v) is 6.22. The van der Waals surface area contributed by atoms with Gasteiger partial charge in [-0.05, 0) is 19.8 Å². The van der Waals surface area contributed by atoms with Gasteiger partial charge in [-0.3, -0.25) is 0 Å². The molecule has 0 N–H and O–H groups in total. The number of aromatic nitrogens is 3. The van der Waals surface area contributed by atoms with Crippen LogP contribution in [0, 0.1) is 0 Å². The molecule has 0 radical (unpaired) electrons. The van der Waals surface area contributed by atoms with Crippen molar-refractivity contribution >= 4 is 5.97 Å². The van der Waals surface area contributed by atoms with Crippen LogP contribution in [0.5, 0.6) is 0 Å². The summed E-state index contributed by atoms with van der Waals surface area (Å²) < 4.78 is 49.9. The van der Waals surface area contributed by atoms with E-state index in [1.165, 1.54) is 6.92 Å². The minimum Gasteiger partial charge on any atom is -0.461 e. The van der Waals surface area contributed by atoms with Crippen molar-refractivity contribution in [1.82, 2.24) is 15.0 Å². The van der Waals surface area contributed by atoms with Crippen LogP contribution in [0.15, 0.2) is 0 Å². The molecule has 1 unspecified atom stereocenters. The van der Waals surface area contributed by atoms with Crippen molar-refractivity contribution in [3.05, 3.63) is 11.4 Å². The van der Waals surface area contributed by atoms with Gasteiger partial charge >= 0.3 is 12.1 Å². The molecule has 1 aromatic rings. The fourth-order valence-corrected chi connectivity index (χ4v) is 2.07. The van der Waals surface area contributed by atoms with Gasteiger partial charge in [-0.1, -0.05) is 5.21 Å². The van der Waals surface area contributed by atoms with Crippen molar-refractivity contribution in [3.8, 4) is 0 Å². The number of hydrogen-bond acceptors (Lipinski definition) is 5. The molecule has 9 heteroatoms. The number of rotatable bonds is 3. The predicted octanol–water partition coefficient (Wildman–Crippen LogP) is 1.83. The summed E-state index contributed by atoms with van der Waals surface area (Å²) in [5.74, 6) is -1.12. The molecular formula is C11H14F3N3O3. The van der Waals surface area contributed by atoms with E-state index in [1.54, 1.807) is 0 Å². The first-order valence-electron chi connectivity index (χ1n) is 6.22. The van der Waals surface area contributed by atoms with E-state index < -0.39 is 29.6 Å². The van der Waals surface area contributed by atoms with Crippen molar-refractivity contribution in [2.75, 3.05) is 19.8 Å². The maximum Gasteiger partial charge on any atom is 0.435 e. The lowest BCUT2D eigenvalue weighted by atomic mass is 10.1. The molecule has 1 saturated heterocycles. The van der Waals surface area contributed by atoms with E-state index >= 15 is 0 Å². The third kappa shape index (κ3) is 2.92. The Bertz CT molecular complexity index is 481. The number of carbonyl (C=O) groups is 1. The topological polar surface area (TPSA) is 66.2 Å². The third-order valence-electron chi connectivity index (χ3n) is 2.91. The average Bonchev–Trinajstić information content (AvgIpc) is 2.84. The molecule has 1 fully saturated rings. The summed E-state index contributed by atoms with van der Waals surface area (Å²) in [6.45, 7) is 2.10. The van der Waals surface area contributed by atoms with Crippen LogP contribution in [0.25, 0.3) is 0 Å². The summed E-state index contributed by atoms with van der Waals surface area (Å²) in [5, 5.41) is 6.81. The van der Waals surface area contributed by atoms with Gasteiger partial charge in [0.25, 0.3) is 0 Å². The monoisotopic (exact) mass is 293 g/mol. The van der Waals surface area contributed by atoms with Crippen LogP contribution in [-0.2, 0) is 15.7 Å². The number of esters is 1. The zero-order chi connectivity index (χ0) is 14.8. The normalized spacial score (nSPS) is 19.9. The lowest BCUT2D eigenvalue weighted by Gasteiger charge is -2.24. The Balaban J connectivity index is 2.39. The van der Waals surface area contributed by atoms with Gasteiger partial charge in [-0.25, -0.2) is 9.48 Å². The highest BCUT2D eigenvalue weighted by atomic mass is 19.4. The number of ether oxygens (including phenoxy) is 2. The summed E-state index contributed by atoms with van der Waals surface area (Å²) in [7, 11) is 0. The Morgan fingerprint density at radius 3 is 2.85 bits per heavy atom. The summed E-state index contributed by atoms with van der Waals surface area (Å²) in [6.07, 6.45) is -3.60. The van der Waals surface area contributed by atoms with Crippen molar-refractivity contribution < 1.29 is 27.4 Å². The molecule has 1 aromatic heterocycles. The molecule has 0 aliphatic carbocycles. The second-order valence-electron chi connectivity index (χ2n) is 4.32. The van der Waals surface area contributed by atoms with Crippen molar-refractivity contribution in [2.45, 2.75) is 32.0 Å². The first-order chi connectivity index (χ1) is 9.45. The van der Waals surface area contributed by atoms with Gasteiger partial charge in [0.05, 0.1) is 19.3 Å². The molecule has 112 valence electrons. The lowest BCUT2D eigenvalue weighted by Crippen LogP contribution is -2.27. The van der Waals surface area contributed by atoms with Gasteiger partial charge in [-0.2, -0.15) is 13.2 Å². The smallest absolute Gasteiger partial charge is 0.435 e. The quantitative estimate of drug-likeness (QED) is 0.795. The molecule has 1 aliphatic rings. The van der Waals surface area contributed by atoms with Crippen molar-refractivity contribution in [1.29, 1.82) is 0 Å². The van der Waals surface area contributed by atoms with Crippen molar-refractivity contribution in [3.63, 3.8) is 0 Å². The Morgan fingerprint density at radius 1 is 1.55 bits per heavy atom. The van der Waals surface area contributed by atoms with Gasteiger partial charge in [0.15, 0.2) is 5.69 Å². The highest BCUT2D eigenvalue weighted by Gasteiger charge is 2.43. The molecule has 2 heterocycles. The molecule has 2 rings (SSSR count). The standard InChI is InChI=1S/C11H14F3N3O3/c1-2-20-10(18)8-9(11(12,13)14)17(16-15-8)7-4-3-5-19-6-7/h7H,2-6H2,1H3. The molecule has 0 amide bonds. The molecule has 1 atom stereocenters. The SMILES string of the molecule is CCOC(=O)c1nnn(C2CCCOC2)c1C(F)(F)F. The van der Waals surface area contributed by atoms with Gasteiger partial charge in [0.2, 0.25) is 5.69 Å². The number of alkyl halides is 3. The molecule has 1 aliphatic heterocycles. The zero-order valence-corrected chi connectivity index (χ0v) is 10.8.